The van der Waals surface area contributed by atoms with E-state index in [2.05, 4.69) is 10.6 Å². The Morgan fingerprint density at radius 3 is 2.76 bits per heavy atom. The van der Waals surface area contributed by atoms with Crippen molar-refractivity contribution in [3.63, 3.8) is 0 Å². The lowest BCUT2D eigenvalue weighted by molar-refractivity contribution is -0.384. The van der Waals surface area contributed by atoms with E-state index in [1.54, 1.807) is 6.07 Å². The van der Waals surface area contributed by atoms with E-state index in [9.17, 15) is 14.9 Å². The van der Waals surface area contributed by atoms with E-state index in [-0.39, 0.29) is 22.5 Å². The number of halogens is 1. The number of carbonyl (C=O) groups excluding carboxylic acids is 1. The zero-order valence-corrected chi connectivity index (χ0v) is 12.7. The second-order valence-corrected chi connectivity index (χ2v) is 6.02. The number of anilines is 1. The molecule has 1 heterocycles. The predicted octanol–water partition coefficient (Wildman–Crippen LogP) is 2.82. The number of nitro groups is 1. The summed E-state index contributed by atoms with van der Waals surface area (Å²) in [6, 6.07) is 4.28. The summed E-state index contributed by atoms with van der Waals surface area (Å²) in [6.45, 7) is 5.44. The predicted molar refractivity (Wildman–Crippen MR) is 81.5 cm³/mol. The molecule has 0 aromatic heterocycles. The van der Waals surface area contributed by atoms with Crippen LogP contribution in [0.3, 0.4) is 0 Å². The Hall–Kier alpha value is -1.66. The normalized spacial score (nSPS) is 21.5. The number of hydrogen-bond donors (Lipinski definition) is 2. The van der Waals surface area contributed by atoms with Crippen LogP contribution in [0.15, 0.2) is 18.2 Å². The third-order valence-corrected chi connectivity index (χ3v) is 4.47. The van der Waals surface area contributed by atoms with Crippen molar-refractivity contribution in [1.82, 2.24) is 5.32 Å². The van der Waals surface area contributed by atoms with Gasteiger partial charge in [-0.3, -0.25) is 14.9 Å². The second kappa shape index (κ2) is 5.99. The van der Waals surface area contributed by atoms with Crippen molar-refractivity contribution >= 4 is 28.9 Å². The molecule has 0 spiro atoms. The lowest BCUT2D eigenvalue weighted by Crippen LogP contribution is -2.42. The molecule has 1 amide bonds. The minimum atomic E-state index is -0.562. The second-order valence-electron chi connectivity index (χ2n) is 5.62. The number of nitrogens with one attached hydrogen (secondary N) is 2. The molecule has 114 valence electrons. The zero-order chi connectivity index (χ0) is 15.6. The highest BCUT2D eigenvalue weighted by molar-refractivity contribution is 6.32. The van der Waals surface area contributed by atoms with Crippen molar-refractivity contribution in [2.45, 2.75) is 20.3 Å². The molecule has 6 nitrogen and oxygen atoms in total. The summed E-state index contributed by atoms with van der Waals surface area (Å²) in [4.78, 5) is 22.9. The number of nitro benzene ring substituents is 1. The number of nitrogens with zero attached hydrogens (tertiary/aromatic N) is 1. The van der Waals surface area contributed by atoms with Gasteiger partial charge in [0.25, 0.3) is 5.69 Å². The van der Waals surface area contributed by atoms with Crippen LogP contribution in [-0.2, 0) is 4.79 Å². The topological polar surface area (TPSA) is 84.3 Å². The summed E-state index contributed by atoms with van der Waals surface area (Å²) in [6.07, 6.45) is 0.756. The molecule has 1 atom stereocenters. The van der Waals surface area contributed by atoms with Crippen LogP contribution in [0.4, 0.5) is 11.4 Å². The smallest absolute Gasteiger partial charge is 0.289 e. The fourth-order valence-electron chi connectivity index (χ4n) is 2.65. The van der Waals surface area contributed by atoms with E-state index in [0.717, 1.165) is 13.0 Å². The summed E-state index contributed by atoms with van der Waals surface area (Å²) in [5.41, 5.74) is -0.297. The molecule has 0 aliphatic carbocycles. The van der Waals surface area contributed by atoms with Crippen LogP contribution in [0.25, 0.3) is 0 Å². The molecule has 1 saturated heterocycles. The van der Waals surface area contributed by atoms with Crippen LogP contribution in [0, 0.1) is 21.4 Å². The Labute approximate surface area is 128 Å². The number of benzene rings is 1. The van der Waals surface area contributed by atoms with Gasteiger partial charge in [0, 0.05) is 18.3 Å². The number of amides is 1. The summed E-state index contributed by atoms with van der Waals surface area (Å²) in [7, 11) is 0. The highest BCUT2D eigenvalue weighted by Gasteiger charge is 2.43. The quantitative estimate of drug-likeness (QED) is 0.661. The Balaban J connectivity index is 2.23. The fourth-order valence-corrected chi connectivity index (χ4v) is 2.83. The maximum absolute atomic E-state index is 12.6. The van der Waals surface area contributed by atoms with Crippen LogP contribution in [0.2, 0.25) is 5.02 Å². The molecule has 21 heavy (non-hydrogen) atoms. The van der Waals surface area contributed by atoms with E-state index in [1.165, 1.54) is 12.1 Å². The summed E-state index contributed by atoms with van der Waals surface area (Å²) < 4.78 is 0. The molecule has 1 aliphatic heterocycles. The SMILES string of the molecule is CC(C)C1(C(=O)Nc2ccc(Cl)c([N+](=O)[O-])c2)CCNC1. The summed E-state index contributed by atoms with van der Waals surface area (Å²) in [5.74, 6) is 0.0638. The van der Waals surface area contributed by atoms with E-state index in [0.29, 0.717) is 12.2 Å². The molecule has 0 saturated carbocycles. The van der Waals surface area contributed by atoms with Gasteiger partial charge in [-0.05, 0) is 31.0 Å². The monoisotopic (exact) mass is 311 g/mol. The lowest BCUT2D eigenvalue weighted by Gasteiger charge is -2.31. The molecule has 0 radical (unpaired) electrons. The van der Waals surface area contributed by atoms with Crippen LogP contribution in [-0.4, -0.2) is 23.9 Å². The van der Waals surface area contributed by atoms with Crippen LogP contribution in [0.1, 0.15) is 20.3 Å². The Bertz CT molecular complexity index is 569. The van der Waals surface area contributed by atoms with Crippen LogP contribution >= 0.6 is 11.6 Å². The van der Waals surface area contributed by atoms with Gasteiger partial charge in [0.2, 0.25) is 5.91 Å². The van der Waals surface area contributed by atoms with Crippen LogP contribution < -0.4 is 10.6 Å². The molecule has 1 fully saturated rings. The standard InChI is InChI=1S/C14H18ClN3O3/c1-9(2)14(5-6-16-8-14)13(19)17-10-3-4-11(15)12(7-10)18(20)21/h3-4,7,9,16H,5-6,8H2,1-2H3,(H,17,19). The molecule has 1 unspecified atom stereocenters. The van der Waals surface area contributed by atoms with Gasteiger partial charge in [-0.2, -0.15) is 0 Å². The summed E-state index contributed by atoms with van der Waals surface area (Å²) in [5, 5.41) is 16.9. The first-order chi connectivity index (χ1) is 9.86. The maximum Gasteiger partial charge on any atom is 0.289 e. The van der Waals surface area contributed by atoms with E-state index in [1.807, 2.05) is 13.8 Å². The lowest BCUT2D eigenvalue weighted by atomic mass is 9.75. The zero-order valence-electron chi connectivity index (χ0n) is 12.0. The van der Waals surface area contributed by atoms with Gasteiger partial charge in [0.15, 0.2) is 0 Å². The highest BCUT2D eigenvalue weighted by atomic mass is 35.5. The molecule has 7 heteroatoms. The minimum Gasteiger partial charge on any atom is -0.325 e. The van der Waals surface area contributed by atoms with Crippen molar-refractivity contribution in [2.75, 3.05) is 18.4 Å². The van der Waals surface area contributed by atoms with Gasteiger partial charge in [0.1, 0.15) is 5.02 Å². The molecule has 2 N–H and O–H groups in total. The maximum atomic E-state index is 12.6. The highest BCUT2D eigenvalue weighted by Crippen LogP contribution is 2.36. The molecule has 1 aliphatic rings. The molecular weight excluding hydrogens is 294 g/mol. The van der Waals surface area contributed by atoms with E-state index < -0.39 is 10.3 Å². The van der Waals surface area contributed by atoms with Gasteiger partial charge in [-0.25, -0.2) is 0 Å². The van der Waals surface area contributed by atoms with E-state index in [4.69, 9.17) is 11.6 Å². The molecule has 1 aromatic carbocycles. The van der Waals surface area contributed by atoms with Crippen molar-refractivity contribution in [2.24, 2.45) is 11.3 Å². The van der Waals surface area contributed by atoms with Crippen molar-refractivity contribution in [3.8, 4) is 0 Å². The van der Waals surface area contributed by atoms with E-state index >= 15 is 0 Å². The third kappa shape index (κ3) is 3.01. The van der Waals surface area contributed by atoms with Gasteiger partial charge < -0.3 is 10.6 Å². The fraction of sp³-hybridized carbons (Fsp3) is 0.500. The average Bonchev–Trinajstić information content (AvgIpc) is 2.91. The van der Waals surface area contributed by atoms with Gasteiger partial charge in [-0.1, -0.05) is 25.4 Å². The Morgan fingerprint density at radius 1 is 1.52 bits per heavy atom. The number of rotatable bonds is 4. The number of hydrogen-bond acceptors (Lipinski definition) is 4. The van der Waals surface area contributed by atoms with Gasteiger partial charge in [-0.15, -0.1) is 0 Å². The van der Waals surface area contributed by atoms with Crippen molar-refractivity contribution in [1.29, 1.82) is 0 Å². The Morgan fingerprint density at radius 2 is 2.24 bits per heavy atom. The minimum absolute atomic E-state index is 0.0547. The average molecular weight is 312 g/mol. The van der Waals surface area contributed by atoms with Crippen molar-refractivity contribution < 1.29 is 9.72 Å². The third-order valence-electron chi connectivity index (χ3n) is 4.15. The first kappa shape index (κ1) is 15.7. The number of carbonyl (C=O) groups is 1. The van der Waals surface area contributed by atoms with Crippen molar-refractivity contribution in [3.05, 3.63) is 33.3 Å². The van der Waals surface area contributed by atoms with Crippen LogP contribution in [0.5, 0.6) is 0 Å². The Kier molecular flexibility index (Phi) is 4.49. The first-order valence-electron chi connectivity index (χ1n) is 6.83. The first-order valence-corrected chi connectivity index (χ1v) is 7.21. The molecule has 1 aromatic rings. The molecular formula is C14H18ClN3O3. The largest absolute Gasteiger partial charge is 0.325 e. The molecule has 0 bridgehead atoms. The summed E-state index contributed by atoms with van der Waals surface area (Å²) >= 11 is 5.77. The van der Waals surface area contributed by atoms with Gasteiger partial charge in [0.05, 0.1) is 10.3 Å². The molecule has 2 rings (SSSR count). The van der Waals surface area contributed by atoms with Gasteiger partial charge >= 0.3 is 0 Å².